The van der Waals surface area contributed by atoms with Gasteiger partial charge < -0.3 is 15.2 Å². The SMILES string of the molecule is CC(=O)c1ccccc1OCCN1CCC(C(=O)Nc2cc(Cl)ccc2O)CC1. The lowest BCUT2D eigenvalue weighted by molar-refractivity contribution is -0.121. The largest absolute Gasteiger partial charge is 0.506 e. The molecule has 0 atom stereocenters. The van der Waals surface area contributed by atoms with E-state index in [0.29, 0.717) is 28.6 Å². The van der Waals surface area contributed by atoms with E-state index in [0.717, 1.165) is 32.5 Å². The number of phenols is 1. The fourth-order valence-corrected chi connectivity index (χ4v) is 3.60. The quantitative estimate of drug-likeness (QED) is 0.527. The number of ketones is 1. The topological polar surface area (TPSA) is 78.9 Å². The van der Waals surface area contributed by atoms with Crippen LogP contribution < -0.4 is 10.1 Å². The van der Waals surface area contributed by atoms with Crippen molar-refractivity contribution in [1.29, 1.82) is 0 Å². The van der Waals surface area contributed by atoms with Crippen molar-refractivity contribution in [3.63, 3.8) is 0 Å². The number of likely N-dealkylation sites (tertiary alicyclic amines) is 1. The maximum absolute atomic E-state index is 12.5. The maximum atomic E-state index is 12.5. The van der Waals surface area contributed by atoms with E-state index in [4.69, 9.17) is 16.3 Å². The summed E-state index contributed by atoms with van der Waals surface area (Å²) in [5.74, 6) is 0.384. The van der Waals surface area contributed by atoms with Crippen molar-refractivity contribution < 1.29 is 19.4 Å². The lowest BCUT2D eigenvalue weighted by Gasteiger charge is -2.31. The number of phenolic OH excluding ortho intramolecular Hbond substituents is 1. The van der Waals surface area contributed by atoms with Gasteiger partial charge in [0.1, 0.15) is 18.1 Å². The molecular weight excluding hydrogens is 392 g/mol. The number of benzene rings is 2. The van der Waals surface area contributed by atoms with Gasteiger partial charge in [0, 0.05) is 17.5 Å². The number of piperidine rings is 1. The van der Waals surface area contributed by atoms with Crippen LogP contribution in [0.3, 0.4) is 0 Å². The van der Waals surface area contributed by atoms with Crippen molar-refractivity contribution in [2.45, 2.75) is 19.8 Å². The van der Waals surface area contributed by atoms with Crippen LogP contribution in [0.25, 0.3) is 0 Å². The number of anilines is 1. The number of carbonyl (C=O) groups is 2. The van der Waals surface area contributed by atoms with Crippen LogP contribution in [-0.4, -0.2) is 47.9 Å². The molecule has 6 nitrogen and oxygen atoms in total. The summed E-state index contributed by atoms with van der Waals surface area (Å²) in [5.41, 5.74) is 0.926. The van der Waals surface area contributed by atoms with E-state index in [2.05, 4.69) is 10.2 Å². The number of halogens is 1. The summed E-state index contributed by atoms with van der Waals surface area (Å²) in [6.45, 7) is 4.32. The second-order valence-electron chi connectivity index (χ2n) is 7.17. The van der Waals surface area contributed by atoms with Crippen molar-refractivity contribution >= 4 is 29.0 Å². The molecule has 0 aliphatic carbocycles. The zero-order valence-electron chi connectivity index (χ0n) is 16.4. The minimum atomic E-state index is -0.107. The summed E-state index contributed by atoms with van der Waals surface area (Å²) < 4.78 is 5.80. The molecule has 1 saturated heterocycles. The highest BCUT2D eigenvalue weighted by atomic mass is 35.5. The highest BCUT2D eigenvalue weighted by Crippen LogP contribution is 2.28. The van der Waals surface area contributed by atoms with E-state index < -0.39 is 0 Å². The van der Waals surface area contributed by atoms with Crippen LogP contribution in [0, 0.1) is 5.92 Å². The number of nitrogens with one attached hydrogen (secondary N) is 1. The molecule has 0 aromatic heterocycles. The van der Waals surface area contributed by atoms with Gasteiger partial charge in [0.05, 0.1) is 11.3 Å². The Hall–Kier alpha value is -2.57. The fourth-order valence-electron chi connectivity index (χ4n) is 3.43. The molecule has 0 unspecified atom stereocenters. The maximum Gasteiger partial charge on any atom is 0.227 e. The molecular formula is C22H25ClN2O4. The van der Waals surface area contributed by atoms with Gasteiger partial charge in [-0.2, -0.15) is 0 Å². The molecule has 0 radical (unpaired) electrons. The Morgan fingerprint density at radius 3 is 2.66 bits per heavy atom. The van der Waals surface area contributed by atoms with Gasteiger partial charge in [-0.25, -0.2) is 0 Å². The minimum Gasteiger partial charge on any atom is -0.506 e. The molecule has 1 aliphatic heterocycles. The van der Waals surface area contributed by atoms with Gasteiger partial charge in [0.2, 0.25) is 5.91 Å². The number of hydrogen-bond donors (Lipinski definition) is 2. The van der Waals surface area contributed by atoms with Gasteiger partial charge in [0.25, 0.3) is 0 Å². The Balaban J connectivity index is 1.44. The Labute approximate surface area is 175 Å². The fraction of sp³-hybridized carbons (Fsp3) is 0.364. The highest BCUT2D eigenvalue weighted by Gasteiger charge is 2.25. The summed E-state index contributed by atoms with van der Waals surface area (Å²) in [4.78, 5) is 26.4. The van der Waals surface area contributed by atoms with Gasteiger partial charge >= 0.3 is 0 Å². The third-order valence-corrected chi connectivity index (χ3v) is 5.34. The standard InChI is InChI=1S/C22H25ClN2O4/c1-15(26)18-4-2-3-5-21(18)29-13-12-25-10-8-16(9-11-25)22(28)24-19-14-17(23)6-7-20(19)27/h2-7,14,16,27H,8-13H2,1H3,(H,24,28). The first kappa shape index (κ1) is 21.1. The number of amides is 1. The second kappa shape index (κ2) is 9.76. The number of carbonyl (C=O) groups excluding carboxylic acids is 2. The van der Waals surface area contributed by atoms with Crippen LogP contribution in [0.4, 0.5) is 5.69 Å². The molecule has 1 heterocycles. The van der Waals surface area contributed by atoms with Crippen molar-refractivity contribution in [1.82, 2.24) is 4.90 Å². The Kier molecular flexibility index (Phi) is 7.12. The van der Waals surface area contributed by atoms with Crippen LogP contribution in [0.2, 0.25) is 5.02 Å². The van der Waals surface area contributed by atoms with Crippen LogP contribution in [-0.2, 0) is 4.79 Å². The molecule has 2 aromatic carbocycles. The normalized spacial score (nSPS) is 15.1. The van der Waals surface area contributed by atoms with E-state index >= 15 is 0 Å². The van der Waals surface area contributed by atoms with E-state index in [9.17, 15) is 14.7 Å². The van der Waals surface area contributed by atoms with Crippen molar-refractivity contribution in [2.24, 2.45) is 5.92 Å². The summed E-state index contributed by atoms with van der Waals surface area (Å²) in [6, 6.07) is 11.8. The first-order valence-electron chi connectivity index (χ1n) is 9.68. The van der Waals surface area contributed by atoms with E-state index in [1.54, 1.807) is 24.3 Å². The molecule has 2 N–H and O–H groups in total. The van der Waals surface area contributed by atoms with Gasteiger partial charge in [-0.1, -0.05) is 23.7 Å². The van der Waals surface area contributed by atoms with Gasteiger partial charge in [0.15, 0.2) is 5.78 Å². The van der Waals surface area contributed by atoms with Crippen molar-refractivity contribution in [3.8, 4) is 11.5 Å². The van der Waals surface area contributed by atoms with Crippen LogP contribution in [0.1, 0.15) is 30.1 Å². The number of ether oxygens (including phenoxy) is 1. The molecule has 2 aromatic rings. The third kappa shape index (κ3) is 5.71. The molecule has 1 fully saturated rings. The van der Waals surface area contributed by atoms with E-state index in [1.807, 2.05) is 12.1 Å². The lowest BCUT2D eigenvalue weighted by Crippen LogP contribution is -2.40. The summed E-state index contributed by atoms with van der Waals surface area (Å²) in [5, 5.41) is 13.1. The van der Waals surface area contributed by atoms with E-state index in [1.165, 1.54) is 13.0 Å². The minimum absolute atomic E-state index is 0.00294. The second-order valence-corrected chi connectivity index (χ2v) is 7.60. The smallest absolute Gasteiger partial charge is 0.227 e. The zero-order valence-corrected chi connectivity index (χ0v) is 17.1. The monoisotopic (exact) mass is 416 g/mol. The molecule has 0 saturated carbocycles. The Bertz CT molecular complexity index is 879. The number of rotatable bonds is 7. The molecule has 3 rings (SSSR count). The van der Waals surface area contributed by atoms with Crippen LogP contribution >= 0.6 is 11.6 Å². The molecule has 154 valence electrons. The number of hydrogen-bond acceptors (Lipinski definition) is 5. The first-order chi connectivity index (χ1) is 13.9. The number of nitrogens with zero attached hydrogens (tertiary/aromatic N) is 1. The van der Waals surface area contributed by atoms with Crippen LogP contribution in [0.15, 0.2) is 42.5 Å². The summed E-state index contributed by atoms with van der Waals surface area (Å²) >= 11 is 5.93. The molecule has 0 bridgehead atoms. The lowest BCUT2D eigenvalue weighted by atomic mass is 9.96. The van der Waals surface area contributed by atoms with Crippen molar-refractivity contribution in [2.75, 3.05) is 31.6 Å². The van der Waals surface area contributed by atoms with Gasteiger partial charge in [-0.15, -0.1) is 0 Å². The number of Topliss-reactive ketones (excluding diaryl/α,β-unsaturated/α-hetero) is 1. The average molecular weight is 417 g/mol. The Morgan fingerprint density at radius 2 is 1.93 bits per heavy atom. The predicted octanol–water partition coefficient (Wildman–Crippen LogP) is 3.98. The molecule has 29 heavy (non-hydrogen) atoms. The number of aromatic hydroxyl groups is 1. The van der Waals surface area contributed by atoms with Gasteiger partial charge in [-0.3, -0.25) is 14.5 Å². The molecule has 0 spiro atoms. The predicted molar refractivity (Wildman–Crippen MR) is 113 cm³/mol. The van der Waals surface area contributed by atoms with Crippen LogP contribution in [0.5, 0.6) is 11.5 Å². The van der Waals surface area contributed by atoms with E-state index in [-0.39, 0.29) is 23.4 Å². The molecule has 7 heteroatoms. The molecule has 1 aliphatic rings. The highest BCUT2D eigenvalue weighted by molar-refractivity contribution is 6.31. The average Bonchev–Trinajstić information content (AvgIpc) is 2.71. The number of para-hydroxylation sites is 1. The molecule has 1 amide bonds. The van der Waals surface area contributed by atoms with Crippen molar-refractivity contribution in [3.05, 3.63) is 53.1 Å². The zero-order chi connectivity index (χ0) is 20.8. The third-order valence-electron chi connectivity index (χ3n) is 5.11. The summed E-state index contributed by atoms with van der Waals surface area (Å²) in [6.07, 6.45) is 1.47. The summed E-state index contributed by atoms with van der Waals surface area (Å²) in [7, 11) is 0. The Morgan fingerprint density at radius 1 is 1.21 bits per heavy atom. The first-order valence-corrected chi connectivity index (χ1v) is 10.1. The van der Waals surface area contributed by atoms with Gasteiger partial charge in [-0.05, 0) is 63.2 Å².